The van der Waals surface area contributed by atoms with Gasteiger partial charge in [-0.1, -0.05) is 24.3 Å². The monoisotopic (exact) mass is 499 g/mol. The van der Waals surface area contributed by atoms with Gasteiger partial charge >= 0.3 is 0 Å². The van der Waals surface area contributed by atoms with Crippen LogP contribution in [0.1, 0.15) is 17.5 Å². The van der Waals surface area contributed by atoms with Crippen molar-refractivity contribution in [3.05, 3.63) is 58.1 Å². The SMILES string of the molecule is CSCC[C@@H]1N[C@]2(C(=O)Nc3ccccc32)[C@H]2C(=O)N(c3ccc(C)cc3Br)C(=O)[C@@H]12. The Kier molecular flexibility index (Phi) is 4.99. The quantitative estimate of drug-likeness (QED) is 0.630. The molecule has 3 heterocycles. The maximum atomic E-state index is 13.8. The average molecular weight is 500 g/mol. The van der Waals surface area contributed by atoms with Crippen LogP contribution in [0.3, 0.4) is 0 Å². The number of carbonyl (C=O) groups is 3. The molecule has 4 atom stereocenters. The van der Waals surface area contributed by atoms with E-state index in [1.807, 2.05) is 49.6 Å². The molecule has 2 fully saturated rings. The van der Waals surface area contributed by atoms with E-state index in [-0.39, 0.29) is 23.8 Å². The highest BCUT2D eigenvalue weighted by molar-refractivity contribution is 9.10. The van der Waals surface area contributed by atoms with Gasteiger partial charge in [-0.2, -0.15) is 11.8 Å². The van der Waals surface area contributed by atoms with Crippen LogP contribution in [-0.2, 0) is 19.9 Å². The fourth-order valence-electron chi connectivity index (χ4n) is 5.28. The van der Waals surface area contributed by atoms with Gasteiger partial charge in [-0.15, -0.1) is 0 Å². The number of amides is 3. The number of carbonyl (C=O) groups excluding carboxylic acids is 3. The molecule has 0 radical (unpaired) electrons. The molecule has 0 aliphatic carbocycles. The molecule has 2 saturated heterocycles. The van der Waals surface area contributed by atoms with Crippen LogP contribution in [0.15, 0.2) is 46.9 Å². The topological polar surface area (TPSA) is 78.5 Å². The summed E-state index contributed by atoms with van der Waals surface area (Å²) in [4.78, 5) is 42.1. The van der Waals surface area contributed by atoms with Crippen LogP contribution in [0, 0.1) is 18.8 Å². The standard InChI is InChI=1S/C23H22BrN3O3S/c1-12-7-8-17(14(24)11-12)27-20(28)18-16(9-10-31-2)26-23(19(18)21(27)29)13-5-3-4-6-15(13)25-22(23)30/h3-8,11,16,18-19,26H,9-10H2,1-2H3,(H,25,30)/t16-,18-,19+,23-/m0/s1. The van der Waals surface area contributed by atoms with Crippen molar-refractivity contribution in [1.82, 2.24) is 5.32 Å². The molecule has 0 saturated carbocycles. The van der Waals surface area contributed by atoms with Crippen LogP contribution in [0.5, 0.6) is 0 Å². The predicted octanol–water partition coefficient (Wildman–Crippen LogP) is 3.44. The number of halogens is 1. The minimum absolute atomic E-state index is 0.243. The molecule has 3 aliphatic rings. The zero-order valence-electron chi connectivity index (χ0n) is 17.1. The van der Waals surface area contributed by atoms with Gasteiger partial charge in [0, 0.05) is 21.8 Å². The van der Waals surface area contributed by atoms with Crippen LogP contribution in [0.2, 0.25) is 0 Å². The maximum Gasteiger partial charge on any atom is 0.250 e. The maximum absolute atomic E-state index is 13.8. The largest absolute Gasteiger partial charge is 0.324 e. The summed E-state index contributed by atoms with van der Waals surface area (Å²) in [5.41, 5.74) is 1.76. The van der Waals surface area contributed by atoms with E-state index in [4.69, 9.17) is 0 Å². The molecule has 2 aromatic carbocycles. The number of anilines is 2. The highest BCUT2D eigenvalue weighted by atomic mass is 79.9. The van der Waals surface area contributed by atoms with E-state index in [1.165, 1.54) is 4.90 Å². The van der Waals surface area contributed by atoms with Crippen LogP contribution >= 0.6 is 27.7 Å². The summed E-state index contributed by atoms with van der Waals surface area (Å²) in [6, 6.07) is 12.7. The van der Waals surface area contributed by atoms with E-state index in [2.05, 4.69) is 26.6 Å². The van der Waals surface area contributed by atoms with E-state index >= 15 is 0 Å². The molecule has 8 heteroatoms. The Balaban J connectivity index is 1.66. The molecule has 3 amide bonds. The summed E-state index contributed by atoms with van der Waals surface area (Å²) in [6.07, 6.45) is 2.71. The minimum Gasteiger partial charge on any atom is -0.324 e. The first-order valence-electron chi connectivity index (χ1n) is 10.2. The summed E-state index contributed by atoms with van der Waals surface area (Å²) in [6.45, 7) is 1.95. The first-order valence-corrected chi connectivity index (χ1v) is 12.4. The van der Waals surface area contributed by atoms with E-state index in [9.17, 15) is 14.4 Å². The minimum atomic E-state index is -1.23. The van der Waals surface area contributed by atoms with Gasteiger partial charge in [-0.25, -0.2) is 4.90 Å². The van der Waals surface area contributed by atoms with Gasteiger partial charge in [-0.05, 0) is 65.0 Å². The van der Waals surface area contributed by atoms with Gasteiger partial charge in [0.25, 0.3) is 0 Å². The second-order valence-corrected chi connectivity index (χ2v) is 10.2. The third-order valence-corrected chi connectivity index (χ3v) is 7.88. The predicted molar refractivity (Wildman–Crippen MR) is 125 cm³/mol. The Morgan fingerprint density at radius 1 is 1.13 bits per heavy atom. The van der Waals surface area contributed by atoms with Crippen molar-refractivity contribution in [2.45, 2.75) is 24.9 Å². The zero-order valence-corrected chi connectivity index (χ0v) is 19.5. The van der Waals surface area contributed by atoms with Gasteiger partial charge in [0.1, 0.15) is 5.54 Å². The number of hydrogen-bond acceptors (Lipinski definition) is 5. The molecule has 0 aromatic heterocycles. The second kappa shape index (κ2) is 7.46. The molecule has 5 rings (SSSR count). The van der Waals surface area contributed by atoms with E-state index in [1.54, 1.807) is 17.8 Å². The summed E-state index contributed by atoms with van der Waals surface area (Å²) in [5.74, 6) is -1.39. The average Bonchev–Trinajstić information content (AvgIpc) is 3.32. The van der Waals surface area contributed by atoms with E-state index in [0.29, 0.717) is 22.3 Å². The van der Waals surface area contributed by atoms with Gasteiger partial charge in [0.05, 0.1) is 17.5 Å². The lowest BCUT2D eigenvalue weighted by Crippen LogP contribution is -2.53. The third-order valence-electron chi connectivity index (χ3n) is 6.60. The molecule has 160 valence electrons. The number of nitrogens with one attached hydrogen (secondary N) is 2. The molecule has 3 aliphatic heterocycles. The highest BCUT2D eigenvalue weighted by Crippen LogP contribution is 2.54. The lowest BCUT2D eigenvalue weighted by molar-refractivity contribution is -0.130. The van der Waals surface area contributed by atoms with Crippen LogP contribution < -0.4 is 15.5 Å². The third kappa shape index (κ3) is 2.84. The number of rotatable bonds is 4. The zero-order chi connectivity index (χ0) is 21.9. The first-order chi connectivity index (χ1) is 14.9. The molecule has 2 N–H and O–H groups in total. The highest BCUT2D eigenvalue weighted by Gasteiger charge is 2.70. The van der Waals surface area contributed by atoms with Crippen molar-refractivity contribution in [2.75, 3.05) is 22.2 Å². The normalized spacial score (nSPS) is 28.9. The summed E-state index contributed by atoms with van der Waals surface area (Å²) >= 11 is 5.20. The summed E-state index contributed by atoms with van der Waals surface area (Å²) in [5, 5.41) is 6.39. The Hall–Kier alpha value is -2.16. The van der Waals surface area contributed by atoms with Crippen molar-refractivity contribution in [1.29, 1.82) is 0 Å². The van der Waals surface area contributed by atoms with Crippen LogP contribution in [0.4, 0.5) is 11.4 Å². The lowest BCUT2D eigenvalue weighted by atomic mass is 9.76. The lowest BCUT2D eigenvalue weighted by Gasteiger charge is -2.29. The number of aryl methyl sites for hydroxylation is 1. The first kappa shape index (κ1) is 20.7. The number of para-hydroxylation sites is 1. The van der Waals surface area contributed by atoms with Gasteiger partial charge in [0.2, 0.25) is 17.7 Å². The Bertz CT molecular complexity index is 1120. The fraction of sp³-hybridized carbons (Fsp3) is 0.348. The Morgan fingerprint density at radius 2 is 1.90 bits per heavy atom. The van der Waals surface area contributed by atoms with Gasteiger partial charge < -0.3 is 5.32 Å². The molecule has 1 spiro atoms. The number of fused-ring (bicyclic) bond motifs is 4. The summed E-state index contributed by atoms with van der Waals surface area (Å²) < 4.78 is 0.688. The Morgan fingerprint density at radius 3 is 2.65 bits per heavy atom. The molecular formula is C23H22BrN3O3S. The fourth-order valence-corrected chi connectivity index (χ4v) is 6.44. The van der Waals surface area contributed by atoms with Crippen molar-refractivity contribution < 1.29 is 14.4 Å². The van der Waals surface area contributed by atoms with Crippen molar-refractivity contribution in [2.24, 2.45) is 11.8 Å². The molecule has 6 nitrogen and oxygen atoms in total. The van der Waals surface area contributed by atoms with Crippen molar-refractivity contribution in [3.8, 4) is 0 Å². The number of imide groups is 1. The smallest absolute Gasteiger partial charge is 0.250 e. The van der Waals surface area contributed by atoms with Crippen LogP contribution in [-0.4, -0.2) is 35.8 Å². The van der Waals surface area contributed by atoms with E-state index < -0.39 is 17.4 Å². The molecule has 0 unspecified atom stereocenters. The van der Waals surface area contributed by atoms with Crippen molar-refractivity contribution >= 4 is 56.8 Å². The van der Waals surface area contributed by atoms with Crippen molar-refractivity contribution in [3.63, 3.8) is 0 Å². The van der Waals surface area contributed by atoms with Crippen LogP contribution in [0.25, 0.3) is 0 Å². The van der Waals surface area contributed by atoms with Gasteiger partial charge in [-0.3, -0.25) is 19.7 Å². The number of benzene rings is 2. The number of thioether (sulfide) groups is 1. The Labute approximate surface area is 193 Å². The molecular weight excluding hydrogens is 478 g/mol. The van der Waals surface area contributed by atoms with E-state index in [0.717, 1.165) is 16.9 Å². The molecule has 2 aromatic rings. The van der Waals surface area contributed by atoms with Gasteiger partial charge in [0.15, 0.2) is 0 Å². The second-order valence-electron chi connectivity index (χ2n) is 8.31. The molecule has 0 bridgehead atoms. The summed E-state index contributed by atoms with van der Waals surface area (Å²) in [7, 11) is 0. The number of hydrogen-bond donors (Lipinski definition) is 2. The molecule has 31 heavy (non-hydrogen) atoms. The number of nitrogens with zero attached hydrogens (tertiary/aromatic N) is 1.